The van der Waals surface area contributed by atoms with Gasteiger partial charge in [-0.1, -0.05) is 30.3 Å². The first-order valence-corrected chi connectivity index (χ1v) is 8.88. The summed E-state index contributed by atoms with van der Waals surface area (Å²) in [4.78, 5) is 24.4. The van der Waals surface area contributed by atoms with Crippen LogP contribution in [0, 0.1) is 0 Å². The Balaban J connectivity index is 1.58. The SMILES string of the molecule is O=C(COC(=O)c1ccccc1Nc1ccccc1)Nc1ccc(C(F)(F)F)cc1. The highest BCUT2D eigenvalue weighted by Crippen LogP contribution is 2.29. The number of para-hydroxylation sites is 2. The molecule has 0 unspecified atom stereocenters. The fraction of sp³-hybridized carbons (Fsp3) is 0.0909. The van der Waals surface area contributed by atoms with Crippen molar-refractivity contribution in [3.8, 4) is 0 Å². The average molecular weight is 414 g/mol. The standard InChI is InChI=1S/C22H17F3N2O3/c23-22(24,25)15-10-12-17(13-11-15)27-20(28)14-30-21(29)18-8-4-5-9-19(18)26-16-6-2-1-3-7-16/h1-13,26H,14H2,(H,27,28). The number of esters is 1. The Morgan fingerprint density at radius 1 is 0.800 bits per heavy atom. The van der Waals surface area contributed by atoms with Crippen LogP contribution in [0.3, 0.4) is 0 Å². The molecule has 0 aliphatic rings. The highest BCUT2D eigenvalue weighted by Gasteiger charge is 2.30. The molecule has 0 heterocycles. The minimum atomic E-state index is -4.46. The lowest BCUT2D eigenvalue weighted by Gasteiger charge is -2.12. The summed E-state index contributed by atoms with van der Waals surface area (Å²) < 4.78 is 42.8. The van der Waals surface area contributed by atoms with Gasteiger partial charge in [-0.15, -0.1) is 0 Å². The van der Waals surface area contributed by atoms with Crippen molar-refractivity contribution < 1.29 is 27.5 Å². The van der Waals surface area contributed by atoms with Gasteiger partial charge in [0, 0.05) is 11.4 Å². The van der Waals surface area contributed by atoms with E-state index >= 15 is 0 Å². The van der Waals surface area contributed by atoms with Crippen molar-refractivity contribution in [3.63, 3.8) is 0 Å². The second kappa shape index (κ2) is 9.13. The molecule has 0 aromatic heterocycles. The number of nitrogens with one attached hydrogen (secondary N) is 2. The maximum Gasteiger partial charge on any atom is 0.416 e. The number of alkyl halides is 3. The molecule has 0 spiro atoms. The quantitative estimate of drug-likeness (QED) is 0.541. The van der Waals surface area contributed by atoms with Crippen LogP contribution in [-0.2, 0) is 15.7 Å². The van der Waals surface area contributed by atoms with E-state index in [-0.39, 0.29) is 11.3 Å². The molecule has 30 heavy (non-hydrogen) atoms. The van der Waals surface area contributed by atoms with Gasteiger partial charge in [0.05, 0.1) is 16.8 Å². The van der Waals surface area contributed by atoms with Gasteiger partial charge in [-0.3, -0.25) is 4.79 Å². The average Bonchev–Trinajstić information content (AvgIpc) is 2.73. The van der Waals surface area contributed by atoms with E-state index in [9.17, 15) is 22.8 Å². The van der Waals surface area contributed by atoms with E-state index in [1.165, 1.54) is 0 Å². The normalized spacial score (nSPS) is 10.9. The Morgan fingerprint density at radius 2 is 1.43 bits per heavy atom. The fourth-order valence-corrected chi connectivity index (χ4v) is 2.60. The molecule has 0 saturated carbocycles. The summed E-state index contributed by atoms with van der Waals surface area (Å²) in [6.45, 7) is -0.584. The maximum absolute atomic E-state index is 12.6. The number of rotatable bonds is 6. The third-order valence-electron chi connectivity index (χ3n) is 4.03. The number of halogens is 3. The van der Waals surface area contributed by atoms with Gasteiger partial charge in [-0.2, -0.15) is 13.2 Å². The largest absolute Gasteiger partial charge is 0.452 e. The lowest BCUT2D eigenvalue weighted by atomic mass is 10.1. The monoisotopic (exact) mass is 414 g/mol. The van der Waals surface area contributed by atoms with Crippen molar-refractivity contribution in [2.45, 2.75) is 6.18 Å². The summed E-state index contributed by atoms with van der Waals surface area (Å²) in [6, 6.07) is 19.8. The molecule has 3 rings (SSSR count). The molecule has 0 aliphatic carbocycles. The van der Waals surface area contributed by atoms with Crippen LogP contribution in [0.5, 0.6) is 0 Å². The topological polar surface area (TPSA) is 67.4 Å². The van der Waals surface area contributed by atoms with Crippen LogP contribution in [0.2, 0.25) is 0 Å². The zero-order valence-electron chi connectivity index (χ0n) is 15.6. The van der Waals surface area contributed by atoms with Crippen molar-refractivity contribution in [1.82, 2.24) is 0 Å². The van der Waals surface area contributed by atoms with Crippen LogP contribution >= 0.6 is 0 Å². The molecule has 0 radical (unpaired) electrons. The summed E-state index contributed by atoms with van der Waals surface area (Å²) in [6.07, 6.45) is -4.46. The van der Waals surface area contributed by atoms with Gasteiger partial charge < -0.3 is 15.4 Å². The molecular formula is C22H17F3N2O3. The lowest BCUT2D eigenvalue weighted by molar-refractivity contribution is -0.137. The zero-order chi connectivity index (χ0) is 21.6. The van der Waals surface area contributed by atoms with Crippen LogP contribution < -0.4 is 10.6 Å². The summed E-state index contributed by atoms with van der Waals surface area (Å²) in [5.74, 6) is -1.38. The number of carbonyl (C=O) groups is 2. The van der Waals surface area contributed by atoms with Gasteiger partial charge >= 0.3 is 12.1 Å². The highest BCUT2D eigenvalue weighted by molar-refractivity contribution is 5.99. The summed E-state index contributed by atoms with van der Waals surface area (Å²) in [5.41, 5.74) is 0.864. The predicted molar refractivity (Wildman–Crippen MR) is 107 cm³/mol. The van der Waals surface area contributed by atoms with Gasteiger partial charge in [-0.05, 0) is 48.5 Å². The second-order valence-electron chi connectivity index (χ2n) is 6.24. The van der Waals surface area contributed by atoms with Crippen molar-refractivity contribution in [3.05, 3.63) is 90.0 Å². The molecule has 5 nitrogen and oxygen atoms in total. The third kappa shape index (κ3) is 5.60. The minimum Gasteiger partial charge on any atom is -0.452 e. The van der Waals surface area contributed by atoms with Crippen LogP contribution in [0.1, 0.15) is 15.9 Å². The smallest absolute Gasteiger partial charge is 0.416 e. The molecule has 8 heteroatoms. The van der Waals surface area contributed by atoms with Crippen LogP contribution in [0.15, 0.2) is 78.9 Å². The number of hydrogen-bond acceptors (Lipinski definition) is 4. The van der Waals surface area contributed by atoms with E-state index in [0.717, 1.165) is 30.0 Å². The van der Waals surface area contributed by atoms with E-state index in [2.05, 4.69) is 10.6 Å². The third-order valence-corrected chi connectivity index (χ3v) is 4.03. The van der Waals surface area contributed by atoms with E-state index in [4.69, 9.17) is 4.74 Å². The van der Waals surface area contributed by atoms with Crippen molar-refractivity contribution >= 4 is 28.9 Å². The van der Waals surface area contributed by atoms with E-state index in [1.807, 2.05) is 30.3 Å². The van der Waals surface area contributed by atoms with Gasteiger partial charge in [0.2, 0.25) is 0 Å². The van der Waals surface area contributed by atoms with Crippen molar-refractivity contribution in [1.29, 1.82) is 0 Å². The number of amides is 1. The molecule has 154 valence electrons. The fourth-order valence-electron chi connectivity index (χ4n) is 2.60. The molecule has 0 aliphatic heterocycles. The van der Waals surface area contributed by atoms with Gasteiger partial charge in [0.25, 0.3) is 5.91 Å². The first-order valence-electron chi connectivity index (χ1n) is 8.88. The predicted octanol–water partition coefficient (Wildman–Crippen LogP) is 5.24. The Morgan fingerprint density at radius 3 is 2.10 bits per heavy atom. The molecule has 1 amide bonds. The summed E-state index contributed by atoms with van der Waals surface area (Å²) in [5, 5.41) is 5.49. The van der Waals surface area contributed by atoms with E-state index in [1.54, 1.807) is 24.3 Å². The van der Waals surface area contributed by atoms with Crippen molar-refractivity contribution in [2.75, 3.05) is 17.2 Å². The van der Waals surface area contributed by atoms with E-state index in [0.29, 0.717) is 5.69 Å². The molecule has 2 N–H and O–H groups in total. The number of anilines is 3. The minimum absolute atomic E-state index is 0.162. The molecule has 0 fully saturated rings. The Labute approximate surface area is 170 Å². The van der Waals surface area contributed by atoms with E-state index < -0.39 is 30.2 Å². The Hall–Kier alpha value is -3.81. The molecule has 0 saturated heterocycles. The van der Waals surface area contributed by atoms with Crippen molar-refractivity contribution in [2.24, 2.45) is 0 Å². The van der Waals surface area contributed by atoms with Gasteiger partial charge in [-0.25, -0.2) is 4.79 Å². The molecule has 0 atom stereocenters. The van der Waals surface area contributed by atoms with Crippen LogP contribution in [0.25, 0.3) is 0 Å². The van der Waals surface area contributed by atoms with Gasteiger partial charge in [0.15, 0.2) is 6.61 Å². The number of hydrogen-bond donors (Lipinski definition) is 2. The highest BCUT2D eigenvalue weighted by atomic mass is 19.4. The van der Waals surface area contributed by atoms with Crippen LogP contribution in [-0.4, -0.2) is 18.5 Å². The van der Waals surface area contributed by atoms with Crippen LogP contribution in [0.4, 0.5) is 30.2 Å². The maximum atomic E-state index is 12.6. The summed E-state index contributed by atoms with van der Waals surface area (Å²) >= 11 is 0. The second-order valence-corrected chi connectivity index (χ2v) is 6.24. The first-order chi connectivity index (χ1) is 14.3. The summed E-state index contributed by atoms with van der Waals surface area (Å²) in [7, 11) is 0. The molecule has 3 aromatic rings. The first kappa shape index (κ1) is 20.9. The molecule has 0 bridgehead atoms. The molecular weight excluding hydrogens is 397 g/mol. The Bertz CT molecular complexity index is 1020. The number of benzene rings is 3. The number of ether oxygens (including phenoxy) is 1. The molecule has 3 aromatic carbocycles. The van der Waals surface area contributed by atoms with Gasteiger partial charge in [0.1, 0.15) is 0 Å². The Kier molecular flexibility index (Phi) is 6.36. The lowest BCUT2D eigenvalue weighted by Crippen LogP contribution is -2.21. The zero-order valence-corrected chi connectivity index (χ0v) is 15.6. The number of carbonyl (C=O) groups excluding carboxylic acids is 2.